The fraction of sp³-hybridized carbons (Fsp3) is 0.679. The van der Waals surface area contributed by atoms with Crippen LogP contribution in [0.4, 0.5) is 0 Å². The third kappa shape index (κ3) is 3.17. The molecule has 5 aliphatic heterocycles. The van der Waals surface area contributed by atoms with E-state index in [-0.39, 0.29) is 30.4 Å². The molecule has 11 atom stereocenters. The number of benzene rings is 1. The van der Waals surface area contributed by atoms with Gasteiger partial charge < -0.3 is 49.2 Å². The number of carbonyl (C=O) groups is 3. The van der Waals surface area contributed by atoms with Crippen LogP contribution in [0.25, 0.3) is 0 Å². The molecule has 0 radical (unpaired) electrons. The monoisotopic (exact) mass is 576 g/mol. The van der Waals surface area contributed by atoms with E-state index < -0.39 is 106 Å². The van der Waals surface area contributed by atoms with Gasteiger partial charge in [0.05, 0.1) is 60.3 Å². The van der Waals surface area contributed by atoms with Crippen LogP contribution < -0.4 is 0 Å². The lowest BCUT2D eigenvalue weighted by Gasteiger charge is -2.57. The Morgan fingerprint density at radius 2 is 1.61 bits per heavy atom. The number of ether oxygens (including phenoxy) is 5. The molecule has 2 aliphatic carbocycles. The largest absolute Gasteiger partial charge is 0.507 e. The van der Waals surface area contributed by atoms with Gasteiger partial charge in [-0.15, -0.1) is 0 Å². The minimum Gasteiger partial charge on any atom is -0.507 e. The van der Waals surface area contributed by atoms with E-state index in [1.54, 1.807) is 13.8 Å². The van der Waals surface area contributed by atoms with Gasteiger partial charge in [-0.2, -0.15) is 0 Å². The molecule has 1 aromatic carbocycles. The lowest BCUT2D eigenvalue weighted by atomic mass is 9.58. The Morgan fingerprint density at radius 1 is 0.902 bits per heavy atom. The summed E-state index contributed by atoms with van der Waals surface area (Å²) in [5.41, 5.74) is -8.83. The number of aromatic hydroxyl groups is 2. The van der Waals surface area contributed by atoms with Crippen molar-refractivity contribution in [2.24, 2.45) is 0 Å². The van der Waals surface area contributed by atoms with Crippen LogP contribution >= 0.6 is 0 Å². The van der Waals surface area contributed by atoms with Gasteiger partial charge in [-0.3, -0.25) is 14.4 Å². The van der Waals surface area contributed by atoms with Crippen molar-refractivity contribution in [3.63, 3.8) is 0 Å². The Kier molecular flexibility index (Phi) is 5.62. The van der Waals surface area contributed by atoms with E-state index in [9.17, 15) is 39.9 Å². The van der Waals surface area contributed by atoms with Crippen molar-refractivity contribution in [3.8, 4) is 11.5 Å². The third-order valence-corrected chi connectivity index (χ3v) is 10.0. The second-order valence-corrected chi connectivity index (χ2v) is 12.1. The van der Waals surface area contributed by atoms with Crippen LogP contribution in [0.3, 0.4) is 0 Å². The first-order chi connectivity index (χ1) is 19.3. The predicted octanol–water partition coefficient (Wildman–Crippen LogP) is 0.393. The number of aliphatic hydroxyl groups is 3. The van der Waals surface area contributed by atoms with E-state index in [0.29, 0.717) is 12.8 Å². The van der Waals surface area contributed by atoms with E-state index in [1.165, 1.54) is 6.92 Å². The molecule has 4 saturated heterocycles. The number of Topliss-reactive ketones (excluding diaryl/α,β-unsaturated/α-hetero) is 2. The highest BCUT2D eigenvalue weighted by Gasteiger charge is 2.75. The topological polar surface area (TPSA) is 199 Å². The third-order valence-electron chi connectivity index (χ3n) is 10.0. The maximum atomic E-state index is 14.1. The van der Waals surface area contributed by atoms with E-state index in [4.69, 9.17) is 23.7 Å². The van der Waals surface area contributed by atoms with Gasteiger partial charge >= 0.3 is 5.97 Å². The number of phenolic OH excluding ortho intramolecular Hbond substituents is 2. The van der Waals surface area contributed by atoms with Crippen molar-refractivity contribution >= 4 is 17.5 Å². The quantitative estimate of drug-likeness (QED) is 0.240. The smallest absolute Gasteiger partial charge is 0.309 e. The van der Waals surface area contributed by atoms with E-state index >= 15 is 0 Å². The number of carbonyl (C=O) groups excluding carboxylic acids is 3. The number of rotatable bonds is 2. The van der Waals surface area contributed by atoms with Crippen LogP contribution in [0.2, 0.25) is 0 Å². The molecule has 5 heterocycles. The van der Waals surface area contributed by atoms with E-state index in [0.717, 1.165) is 0 Å². The first-order valence-corrected chi connectivity index (χ1v) is 13.9. The van der Waals surface area contributed by atoms with Crippen LogP contribution in [0.5, 0.6) is 11.5 Å². The number of fused-ring (bicyclic) bond motifs is 4. The number of esters is 1. The van der Waals surface area contributed by atoms with Crippen LogP contribution in [0, 0.1) is 0 Å². The molecule has 0 unspecified atom stereocenters. The van der Waals surface area contributed by atoms with Gasteiger partial charge in [-0.05, 0) is 27.2 Å². The Balaban J connectivity index is 1.39. The zero-order valence-corrected chi connectivity index (χ0v) is 22.7. The van der Waals surface area contributed by atoms with Crippen molar-refractivity contribution in [2.75, 3.05) is 0 Å². The summed E-state index contributed by atoms with van der Waals surface area (Å²) in [6, 6.07) is 0. The molecular weight excluding hydrogens is 544 g/mol. The van der Waals surface area contributed by atoms with Crippen molar-refractivity contribution in [1.29, 1.82) is 0 Å². The average Bonchev–Trinajstić information content (AvgIpc) is 2.90. The molecule has 4 bridgehead atoms. The lowest BCUT2D eigenvalue weighted by molar-refractivity contribution is -0.311. The molecule has 1 spiro atoms. The zero-order valence-electron chi connectivity index (χ0n) is 22.7. The van der Waals surface area contributed by atoms with Gasteiger partial charge in [0.2, 0.25) is 22.8 Å². The maximum Gasteiger partial charge on any atom is 0.309 e. The van der Waals surface area contributed by atoms with Gasteiger partial charge in [-0.25, -0.2) is 0 Å². The molecular formula is C28H32O13. The molecule has 13 heteroatoms. The molecule has 0 aromatic heterocycles. The second-order valence-electron chi connectivity index (χ2n) is 12.1. The number of phenols is 2. The molecule has 13 nitrogen and oxygen atoms in total. The zero-order chi connectivity index (χ0) is 29.4. The Morgan fingerprint density at radius 3 is 2.32 bits per heavy atom. The summed E-state index contributed by atoms with van der Waals surface area (Å²) in [5.74, 6) is -4.60. The number of aliphatic hydroxyl groups excluding tert-OH is 1. The summed E-state index contributed by atoms with van der Waals surface area (Å²) in [4.78, 5) is 40.7. The number of hydrogen-bond donors (Lipinski definition) is 5. The van der Waals surface area contributed by atoms with Crippen molar-refractivity contribution in [1.82, 2.24) is 0 Å². The fourth-order valence-corrected chi connectivity index (χ4v) is 7.85. The molecule has 222 valence electrons. The van der Waals surface area contributed by atoms with Crippen molar-refractivity contribution in [3.05, 3.63) is 22.3 Å². The number of hydrogen-bond acceptors (Lipinski definition) is 13. The van der Waals surface area contributed by atoms with Gasteiger partial charge in [0.25, 0.3) is 0 Å². The van der Waals surface area contributed by atoms with Crippen LogP contribution in [0.15, 0.2) is 0 Å². The summed E-state index contributed by atoms with van der Waals surface area (Å²) in [5, 5.41) is 57.3. The summed E-state index contributed by atoms with van der Waals surface area (Å²) in [6.45, 7) is 4.60. The second kappa shape index (κ2) is 8.47. The standard InChI is InChI=1S/C28H32O13/c1-9-13(29)4-5-17(37-9)40-15-7-14-18-21(27(15,35)10(2)39-14)23(32)20-19(22(18)31)24(33)26-8-12(6-16(30)41-26)38-11(3)28(26,36)25(20)34/h9-15,17,29,31-32,35-36H,4-8H2,1-3H3/t9-,10+,11-,12+,13+,14-,15-,17+,26+,27-,28-/m0/s1. The summed E-state index contributed by atoms with van der Waals surface area (Å²) < 4.78 is 29.1. The van der Waals surface area contributed by atoms with E-state index in [1.807, 2.05) is 0 Å². The molecule has 5 N–H and O–H groups in total. The van der Waals surface area contributed by atoms with Gasteiger partial charge in [-0.1, -0.05) is 0 Å². The highest BCUT2D eigenvalue weighted by molar-refractivity contribution is 6.25. The highest BCUT2D eigenvalue weighted by Crippen LogP contribution is 2.62. The average molecular weight is 577 g/mol. The minimum atomic E-state index is -2.71. The maximum absolute atomic E-state index is 14.1. The van der Waals surface area contributed by atoms with Gasteiger partial charge in [0.15, 0.2) is 6.29 Å². The molecule has 8 rings (SSSR count). The molecule has 0 amide bonds. The lowest BCUT2D eigenvalue weighted by Crippen LogP contribution is -2.78. The van der Waals surface area contributed by atoms with Crippen molar-refractivity contribution < 1.29 is 63.6 Å². The van der Waals surface area contributed by atoms with Crippen molar-refractivity contribution in [2.45, 2.75) is 119 Å². The highest BCUT2D eigenvalue weighted by atomic mass is 16.7. The summed E-state index contributed by atoms with van der Waals surface area (Å²) >= 11 is 0. The van der Waals surface area contributed by atoms with Gasteiger partial charge in [0.1, 0.15) is 17.1 Å². The SMILES string of the molecule is C[C@@H]1O[C@H](O[C@H]2C[C@@H]3O[C@H](C)[C@@]2(O)c2c(O)c4c(c(O)c23)C(=O)[C@@]23C[C@@H](CC(=O)O2)O[C@@H](C)[C@]3(O)C4=O)CC[C@H]1O. The molecule has 1 aromatic rings. The Bertz CT molecular complexity index is 1390. The predicted molar refractivity (Wildman–Crippen MR) is 132 cm³/mol. The van der Waals surface area contributed by atoms with Crippen LogP contribution in [0.1, 0.15) is 90.8 Å². The minimum absolute atomic E-state index is 0.00950. The molecule has 4 fully saturated rings. The van der Waals surface area contributed by atoms with E-state index in [2.05, 4.69) is 0 Å². The Labute approximate surface area is 233 Å². The summed E-state index contributed by atoms with van der Waals surface area (Å²) in [6.07, 6.45) is -6.80. The Hall–Kier alpha value is -2.65. The summed E-state index contributed by atoms with van der Waals surface area (Å²) in [7, 11) is 0. The molecule has 7 aliphatic rings. The molecule has 41 heavy (non-hydrogen) atoms. The first kappa shape index (κ1) is 27.2. The number of ketones is 2. The van der Waals surface area contributed by atoms with Gasteiger partial charge in [0, 0.05) is 30.4 Å². The fourth-order valence-electron chi connectivity index (χ4n) is 7.85. The van der Waals surface area contributed by atoms with Crippen LogP contribution in [-0.4, -0.2) is 97.2 Å². The van der Waals surface area contributed by atoms with Crippen LogP contribution in [-0.2, 0) is 34.1 Å². The first-order valence-electron chi connectivity index (χ1n) is 13.9. The normalized spacial score (nSPS) is 46.4. The molecule has 0 saturated carbocycles.